The number of carbonyl (C=O) groups is 2. The maximum absolute atomic E-state index is 12.7. The first kappa shape index (κ1) is 19.6. The normalized spacial score (nSPS) is 18.3. The van der Waals surface area contributed by atoms with Crippen LogP contribution in [-0.2, 0) is 9.59 Å². The highest BCUT2D eigenvalue weighted by atomic mass is 35.5. The largest absolute Gasteiger partial charge is 0.326 e. The topological polar surface area (TPSA) is 101 Å². The molecule has 8 heteroatoms. The lowest BCUT2D eigenvalue weighted by Crippen LogP contribution is -2.37. The molecular formula is C20H18ClN3O4. The second kappa shape index (κ2) is 8.67. The molecule has 0 fully saturated rings. The molecule has 0 saturated heterocycles. The van der Waals surface area contributed by atoms with E-state index in [2.05, 4.69) is 10.6 Å². The number of anilines is 2. The molecule has 1 aliphatic carbocycles. The minimum absolute atomic E-state index is 0.0567. The van der Waals surface area contributed by atoms with Crippen molar-refractivity contribution in [3.8, 4) is 0 Å². The van der Waals surface area contributed by atoms with Gasteiger partial charge in [0.15, 0.2) is 0 Å². The molecule has 0 aliphatic heterocycles. The van der Waals surface area contributed by atoms with Crippen LogP contribution >= 0.6 is 11.6 Å². The average molecular weight is 400 g/mol. The SMILES string of the molecule is O=C(Nc1ccc(Cl)cc1)C1CC=CCC1C(=O)Nc1ccc([N+](=O)[O-])cc1. The maximum Gasteiger partial charge on any atom is 0.269 e. The van der Waals surface area contributed by atoms with Gasteiger partial charge in [-0.3, -0.25) is 19.7 Å². The highest BCUT2D eigenvalue weighted by Gasteiger charge is 2.34. The number of non-ortho nitro benzene ring substituents is 1. The highest BCUT2D eigenvalue weighted by molar-refractivity contribution is 6.30. The fourth-order valence-corrected chi connectivity index (χ4v) is 3.19. The van der Waals surface area contributed by atoms with Gasteiger partial charge in [-0.1, -0.05) is 23.8 Å². The average Bonchev–Trinajstić information content (AvgIpc) is 2.70. The quantitative estimate of drug-likeness (QED) is 0.441. The number of amides is 2. The number of hydrogen-bond donors (Lipinski definition) is 2. The Kier molecular flexibility index (Phi) is 6.06. The second-order valence-corrected chi connectivity index (χ2v) is 6.88. The van der Waals surface area contributed by atoms with Crippen LogP contribution in [0, 0.1) is 22.0 Å². The van der Waals surface area contributed by atoms with E-state index in [-0.39, 0.29) is 17.5 Å². The van der Waals surface area contributed by atoms with E-state index in [9.17, 15) is 19.7 Å². The van der Waals surface area contributed by atoms with E-state index in [0.29, 0.717) is 29.2 Å². The monoisotopic (exact) mass is 399 g/mol. The van der Waals surface area contributed by atoms with Gasteiger partial charge < -0.3 is 10.6 Å². The van der Waals surface area contributed by atoms with E-state index in [4.69, 9.17) is 11.6 Å². The van der Waals surface area contributed by atoms with Gasteiger partial charge in [-0.05, 0) is 49.2 Å². The Morgan fingerprint density at radius 3 is 1.71 bits per heavy atom. The van der Waals surface area contributed by atoms with Crippen molar-refractivity contribution in [3.05, 3.63) is 75.8 Å². The van der Waals surface area contributed by atoms with Gasteiger partial charge in [0.2, 0.25) is 11.8 Å². The van der Waals surface area contributed by atoms with E-state index < -0.39 is 16.8 Å². The van der Waals surface area contributed by atoms with Crippen LogP contribution in [0.5, 0.6) is 0 Å². The molecule has 2 N–H and O–H groups in total. The predicted octanol–water partition coefficient (Wildman–Crippen LogP) is 4.41. The van der Waals surface area contributed by atoms with E-state index in [1.807, 2.05) is 12.2 Å². The van der Waals surface area contributed by atoms with Gasteiger partial charge in [0.1, 0.15) is 0 Å². The number of allylic oxidation sites excluding steroid dienone is 2. The molecule has 2 atom stereocenters. The van der Waals surface area contributed by atoms with Gasteiger partial charge in [-0.15, -0.1) is 0 Å². The molecular weight excluding hydrogens is 382 g/mol. The maximum atomic E-state index is 12.7. The third-order valence-electron chi connectivity index (χ3n) is 4.56. The van der Waals surface area contributed by atoms with Crippen molar-refractivity contribution < 1.29 is 14.5 Å². The summed E-state index contributed by atoms with van der Waals surface area (Å²) in [6.07, 6.45) is 4.67. The van der Waals surface area contributed by atoms with Crippen molar-refractivity contribution in [2.75, 3.05) is 10.6 Å². The molecule has 0 aromatic heterocycles. The minimum atomic E-state index is -0.535. The lowest BCUT2D eigenvalue weighted by Gasteiger charge is -2.26. The zero-order chi connectivity index (χ0) is 20.1. The fraction of sp³-hybridized carbons (Fsp3) is 0.200. The molecule has 28 heavy (non-hydrogen) atoms. The number of nitrogens with one attached hydrogen (secondary N) is 2. The summed E-state index contributed by atoms with van der Waals surface area (Å²) in [7, 11) is 0. The lowest BCUT2D eigenvalue weighted by atomic mass is 9.81. The molecule has 2 amide bonds. The Hall–Kier alpha value is -3.19. The zero-order valence-corrected chi connectivity index (χ0v) is 15.6. The van der Waals surface area contributed by atoms with Crippen molar-refractivity contribution in [1.29, 1.82) is 0 Å². The number of carbonyl (C=O) groups excluding carboxylic acids is 2. The Bertz CT molecular complexity index is 910. The molecule has 0 radical (unpaired) electrons. The Morgan fingerprint density at radius 2 is 1.29 bits per heavy atom. The molecule has 7 nitrogen and oxygen atoms in total. The zero-order valence-electron chi connectivity index (χ0n) is 14.8. The summed E-state index contributed by atoms with van der Waals surface area (Å²) in [5.74, 6) is -1.59. The Labute approximate surface area is 166 Å². The van der Waals surface area contributed by atoms with Gasteiger partial charge in [0.05, 0.1) is 16.8 Å². The van der Waals surface area contributed by atoms with Gasteiger partial charge in [-0.25, -0.2) is 0 Å². The first-order chi connectivity index (χ1) is 13.4. The first-order valence-electron chi connectivity index (χ1n) is 8.71. The molecule has 0 spiro atoms. The van der Waals surface area contributed by atoms with Gasteiger partial charge in [-0.2, -0.15) is 0 Å². The summed E-state index contributed by atoms with van der Waals surface area (Å²) in [4.78, 5) is 35.7. The van der Waals surface area contributed by atoms with E-state index in [1.54, 1.807) is 24.3 Å². The molecule has 2 aromatic carbocycles. The van der Waals surface area contributed by atoms with Crippen LogP contribution in [0.4, 0.5) is 17.1 Å². The van der Waals surface area contributed by atoms with Crippen LogP contribution in [0.25, 0.3) is 0 Å². The summed E-state index contributed by atoms with van der Waals surface area (Å²) in [6, 6.07) is 12.3. The van der Waals surface area contributed by atoms with Crippen molar-refractivity contribution in [2.24, 2.45) is 11.8 Å². The minimum Gasteiger partial charge on any atom is -0.326 e. The molecule has 2 unspecified atom stereocenters. The highest BCUT2D eigenvalue weighted by Crippen LogP contribution is 2.29. The van der Waals surface area contributed by atoms with Crippen LogP contribution in [0.3, 0.4) is 0 Å². The number of nitro groups is 1. The third kappa shape index (κ3) is 4.75. The Morgan fingerprint density at radius 1 is 0.857 bits per heavy atom. The number of rotatable bonds is 5. The van der Waals surface area contributed by atoms with Gasteiger partial charge in [0.25, 0.3) is 5.69 Å². The number of nitrogens with zero attached hydrogens (tertiary/aromatic N) is 1. The number of nitro benzene ring substituents is 1. The molecule has 0 saturated carbocycles. The van der Waals surface area contributed by atoms with Crippen LogP contribution in [-0.4, -0.2) is 16.7 Å². The van der Waals surface area contributed by atoms with E-state index in [1.165, 1.54) is 24.3 Å². The van der Waals surface area contributed by atoms with Crippen LogP contribution in [0.1, 0.15) is 12.8 Å². The smallest absolute Gasteiger partial charge is 0.269 e. The molecule has 0 heterocycles. The summed E-state index contributed by atoms with van der Waals surface area (Å²) < 4.78 is 0. The van der Waals surface area contributed by atoms with Crippen LogP contribution < -0.4 is 10.6 Å². The standard InChI is InChI=1S/C20H18ClN3O4/c21-13-5-7-14(8-6-13)22-19(25)17-3-1-2-4-18(17)20(26)23-15-9-11-16(12-10-15)24(27)28/h1-2,5-12,17-18H,3-4H2,(H,22,25)(H,23,26). The summed E-state index contributed by atoms with van der Waals surface area (Å²) >= 11 is 5.85. The van der Waals surface area contributed by atoms with Crippen LogP contribution in [0.15, 0.2) is 60.7 Å². The van der Waals surface area contributed by atoms with Crippen molar-refractivity contribution in [2.45, 2.75) is 12.8 Å². The van der Waals surface area contributed by atoms with Crippen molar-refractivity contribution in [1.82, 2.24) is 0 Å². The molecule has 0 bridgehead atoms. The molecule has 2 aromatic rings. The van der Waals surface area contributed by atoms with Crippen molar-refractivity contribution >= 4 is 40.5 Å². The fourth-order valence-electron chi connectivity index (χ4n) is 3.06. The van der Waals surface area contributed by atoms with Gasteiger partial charge in [0, 0.05) is 28.5 Å². The Balaban J connectivity index is 1.68. The van der Waals surface area contributed by atoms with E-state index >= 15 is 0 Å². The number of benzene rings is 2. The summed E-state index contributed by atoms with van der Waals surface area (Å²) in [5, 5.41) is 16.9. The molecule has 144 valence electrons. The molecule has 1 aliphatic rings. The van der Waals surface area contributed by atoms with Crippen molar-refractivity contribution in [3.63, 3.8) is 0 Å². The summed E-state index contributed by atoms with van der Waals surface area (Å²) in [6.45, 7) is 0. The van der Waals surface area contributed by atoms with Gasteiger partial charge >= 0.3 is 0 Å². The third-order valence-corrected chi connectivity index (χ3v) is 4.82. The lowest BCUT2D eigenvalue weighted by molar-refractivity contribution is -0.384. The predicted molar refractivity (Wildman–Crippen MR) is 107 cm³/mol. The second-order valence-electron chi connectivity index (χ2n) is 6.45. The summed E-state index contributed by atoms with van der Waals surface area (Å²) in [5.41, 5.74) is 0.999. The number of halogens is 1. The van der Waals surface area contributed by atoms with Crippen LogP contribution in [0.2, 0.25) is 5.02 Å². The number of hydrogen-bond acceptors (Lipinski definition) is 4. The first-order valence-corrected chi connectivity index (χ1v) is 9.08. The van der Waals surface area contributed by atoms with E-state index in [0.717, 1.165) is 0 Å². The molecule has 3 rings (SSSR count).